The van der Waals surface area contributed by atoms with E-state index in [1.54, 1.807) is 16.2 Å². The normalized spacial score (nSPS) is 11.1. The number of likely N-dealkylation sites (N-methyl/N-ethyl adjacent to an activating group) is 1. The molecule has 0 radical (unpaired) electrons. The van der Waals surface area contributed by atoms with Gasteiger partial charge in [-0.25, -0.2) is 4.98 Å². The number of ether oxygens (including phenoxy) is 1. The molecule has 1 heterocycles. The molecule has 7 heteroatoms. The minimum absolute atomic E-state index is 0. The Labute approximate surface area is 189 Å². The number of fused-ring (bicyclic) bond motifs is 1. The number of carbonyl (C=O) groups excluding carboxylic acids is 1. The third kappa shape index (κ3) is 5.72. The van der Waals surface area contributed by atoms with Crippen molar-refractivity contribution in [3.63, 3.8) is 0 Å². The highest BCUT2D eigenvalue weighted by atomic mass is 35.5. The lowest BCUT2D eigenvalue weighted by atomic mass is 10.1. The van der Waals surface area contributed by atoms with Crippen molar-refractivity contribution in [3.05, 3.63) is 53.1 Å². The van der Waals surface area contributed by atoms with E-state index in [9.17, 15) is 4.79 Å². The van der Waals surface area contributed by atoms with Crippen LogP contribution in [0.5, 0.6) is 5.75 Å². The lowest BCUT2D eigenvalue weighted by Gasteiger charge is -2.22. The number of nitrogens with zero attached hydrogens (tertiary/aromatic N) is 3. The molecular formula is C23H30ClN3O2S. The molecule has 1 amide bonds. The summed E-state index contributed by atoms with van der Waals surface area (Å²) < 4.78 is 6.83. The van der Waals surface area contributed by atoms with Crippen LogP contribution in [0.4, 0.5) is 5.13 Å². The summed E-state index contributed by atoms with van der Waals surface area (Å²) in [7, 11) is 4.01. The SMILES string of the molecule is Cc1cc(C)c2sc(N(CCN(C)C)C(=O)c3ccc(OC(C)C)cc3)nc2c1.Cl. The highest BCUT2D eigenvalue weighted by Crippen LogP contribution is 2.33. The quantitative estimate of drug-likeness (QED) is 0.491. The molecule has 0 atom stereocenters. The predicted octanol–water partition coefficient (Wildman–Crippen LogP) is 5.33. The molecule has 30 heavy (non-hydrogen) atoms. The summed E-state index contributed by atoms with van der Waals surface area (Å²) >= 11 is 1.58. The lowest BCUT2D eigenvalue weighted by Crippen LogP contribution is -2.36. The van der Waals surface area contributed by atoms with E-state index >= 15 is 0 Å². The smallest absolute Gasteiger partial charge is 0.260 e. The van der Waals surface area contributed by atoms with Crippen molar-refractivity contribution in [2.24, 2.45) is 0 Å². The number of halogens is 1. The van der Waals surface area contributed by atoms with Crippen LogP contribution in [0.25, 0.3) is 10.2 Å². The molecule has 0 saturated heterocycles. The minimum atomic E-state index is -0.0450. The summed E-state index contributed by atoms with van der Waals surface area (Å²) in [4.78, 5) is 22.0. The van der Waals surface area contributed by atoms with Gasteiger partial charge in [0.15, 0.2) is 5.13 Å². The molecule has 0 spiro atoms. The van der Waals surface area contributed by atoms with E-state index in [4.69, 9.17) is 9.72 Å². The number of hydrogen-bond donors (Lipinski definition) is 0. The van der Waals surface area contributed by atoms with E-state index in [1.165, 1.54) is 11.1 Å². The second-order valence-electron chi connectivity index (χ2n) is 7.88. The van der Waals surface area contributed by atoms with Gasteiger partial charge in [0.05, 0.1) is 16.3 Å². The third-order valence-electron chi connectivity index (χ3n) is 4.53. The maximum absolute atomic E-state index is 13.4. The fourth-order valence-electron chi connectivity index (χ4n) is 3.17. The van der Waals surface area contributed by atoms with Gasteiger partial charge in [-0.15, -0.1) is 12.4 Å². The van der Waals surface area contributed by atoms with E-state index in [0.717, 1.165) is 27.6 Å². The minimum Gasteiger partial charge on any atom is -0.491 e. The van der Waals surface area contributed by atoms with Crippen LogP contribution in [0, 0.1) is 13.8 Å². The molecule has 0 aliphatic heterocycles. The zero-order valence-electron chi connectivity index (χ0n) is 18.4. The number of hydrogen-bond acceptors (Lipinski definition) is 5. The summed E-state index contributed by atoms with van der Waals surface area (Å²) in [6, 6.07) is 11.6. The first-order valence-electron chi connectivity index (χ1n) is 9.85. The van der Waals surface area contributed by atoms with Crippen molar-refractivity contribution < 1.29 is 9.53 Å². The number of benzene rings is 2. The van der Waals surface area contributed by atoms with Crippen LogP contribution < -0.4 is 9.64 Å². The molecular weight excluding hydrogens is 418 g/mol. The Kier molecular flexibility index (Phi) is 8.24. The van der Waals surface area contributed by atoms with Crippen LogP contribution in [0.2, 0.25) is 0 Å². The number of thiazole rings is 1. The summed E-state index contributed by atoms with van der Waals surface area (Å²) in [5.74, 6) is 0.721. The monoisotopic (exact) mass is 447 g/mol. The van der Waals surface area contributed by atoms with Crippen molar-refractivity contribution in [1.82, 2.24) is 9.88 Å². The average molecular weight is 448 g/mol. The summed E-state index contributed by atoms with van der Waals surface area (Å²) in [5.41, 5.74) is 3.95. The summed E-state index contributed by atoms with van der Waals surface area (Å²) in [6.45, 7) is 9.47. The van der Waals surface area contributed by atoms with Crippen LogP contribution in [0.1, 0.15) is 35.3 Å². The van der Waals surface area contributed by atoms with Crippen LogP contribution in [0.15, 0.2) is 36.4 Å². The zero-order chi connectivity index (χ0) is 21.1. The highest BCUT2D eigenvalue weighted by molar-refractivity contribution is 7.22. The molecule has 0 bridgehead atoms. The maximum Gasteiger partial charge on any atom is 0.260 e. The molecule has 162 valence electrons. The molecule has 1 aromatic heterocycles. The van der Waals surface area contributed by atoms with Crippen LogP contribution in [-0.4, -0.2) is 49.1 Å². The maximum atomic E-state index is 13.4. The summed E-state index contributed by atoms with van der Waals surface area (Å²) in [5, 5.41) is 0.739. The number of carbonyl (C=O) groups is 1. The second kappa shape index (κ2) is 10.2. The Morgan fingerprint density at radius 1 is 1.10 bits per heavy atom. The van der Waals surface area contributed by atoms with E-state index in [2.05, 4.69) is 30.9 Å². The lowest BCUT2D eigenvalue weighted by molar-refractivity contribution is 0.0985. The van der Waals surface area contributed by atoms with Crippen molar-refractivity contribution in [3.8, 4) is 5.75 Å². The van der Waals surface area contributed by atoms with E-state index in [0.29, 0.717) is 12.1 Å². The molecule has 5 nitrogen and oxygen atoms in total. The van der Waals surface area contributed by atoms with Crippen molar-refractivity contribution in [2.75, 3.05) is 32.1 Å². The predicted molar refractivity (Wildman–Crippen MR) is 129 cm³/mol. The second-order valence-corrected chi connectivity index (χ2v) is 8.86. The highest BCUT2D eigenvalue weighted by Gasteiger charge is 2.22. The topological polar surface area (TPSA) is 45.7 Å². The van der Waals surface area contributed by atoms with E-state index in [-0.39, 0.29) is 24.4 Å². The van der Waals surface area contributed by atoms with Gasteiger partial charge in [0.2, 0.25) is 0 Å². The Balaban J connectivity index is 0.00000320. The number of aromatic nitrogens is 1. The van der Waals surface area contributed by atoms with Gasteiger partial charge < -0.3 is 9.64 Å². The number of amides is 1. The van der Waals surface area contributed by atoms with Gasteiger partial charge in [0.1, 0.15) is 5.75 Å². The number of anilines is 1. The number of aryl methyl sites for hydroxylation is 2. The average Bonchev–Trinajstić information content (AvgIpc) is 3.05. The first-order chi connectivity index (χ1) is 13.7. The van der Waals surface area contributed by atoms with Crippen molar-refractivity contribution in [2.45, 2.75) is 33.8 Å². The molecule has 0 aliphatic rings. The van der Waals surface area contributed by atoms with Crippen LogP contribution >= 0.6 is 23.7 Å². The van der Waals surface area contributed by atoms with Gasteiger partial charge in [-0.05, 0) is 83.2 Å². The molecule has 0 N–H and O–H groups in total. The molecule has 0 fully saturated rings. The zero-order valence-corrected chi connectivity index (χ0v) is 20.1. The van der Waals surface area contributed by atoms with Crippen molar-refractivity contribution >= 4 is 45.0 Å². The molecule has 3 aromatic rings. The molecule has 0 aliphatic carbocycles. The first-order valence-corrected chi connectivity index (χ1v) is 10.7. The molecule has 3 rings (SSSR count). The van der Waals surface area contributed by atoms with Gasteiger partial charge in [0.25, 0.3) is 5.91 Å². The largest absolute Gasteiger partial charge is 0.491 e. The molecule has 0 unspecified atom stereocenters. The van der Waals surface area contributed by atoms with Gasteiger partial charge in [-0.1, -0.05) is 17.4 Å². The molecule has 2 aromatic carbocycles. The Hall–Kier alpha value is -2.15. The Morgan fingerprint density at radius 3 is 2.37 bits per heavy atom. The first kappa shape index (κ1) is 24.1. The Bertz CT molecular complexity index is 1000. The van der Waals surface area contributed by atoms with Gasteiger partial charge >= 0.3 is 0 Å². The van der Waals surface area contributed by atoms with Crippen LogP contribution in [0.3, 0.4) is 0 Å². The standard InChI is InChI=1S/C23H29N3O2S.ClH/c1-15(2)28-19-9-7-18(8-10-19)22(27)26(12-11-25(5)6)23-24-20-14-16(3)13-17(4)21(20)29-23;/h7-10,13-15H,11-12H2,1-6H3;1H. The van der Waals surface area contributed by atoms with Crippen molar-refractivity contribution in [1.29, 1.82) is 0 Å². The fourth-order valence-corrected chi connectivity index (χ4v) is 4.21. The van der Waals surface area contributed by atoms with Gasteiger partial charge in [-0.3, -0.25) is 9.69 Å². The van der Waals surface area contributed by atoms with Gasteiger partial charge in [0, 0.05) is 18.7 Å². The molecule has 0 saturated carbocycles. The van der Waals surface area contributed by atoms with E-state index < -0.39 is 0 Å². The fraction of sp³-hybridized carbons (Fsp3) is 0.391. The van der Waals surface area contributed by atoms with Gasteiger partial charge in [-0.2, -0.15) is 0 Å². The summed E-state index contributed by atoms with van der Waals surface area (Å²) in [6.07, 6.45) is 0.0996. The van der Waals surface area contributed by atoms with Crippen LogP contribution in [-0.2, 0) is 0 Å². The van der Waals surface area contributed by atoms with E-state index in [1.807, 2.05) is 52.2 Å². The third-order valence-corrected chi connectivity index (χ3v) is 5.76. The number of rotatable bonds is 7. The Morgan fingerprint density at radius 2 is 1.77 bits per heavy atom.